The second kappa shape index (κ2) is 5.94. The minimum atomic E-state index is -0.195. The summed E-state index contributed by atoms with van der Waals surface area (Å²) < 4.78 is 5.08. The summed E-state index contributed by atoms with van der Waals surface area (Å²) in [7, 11) is 0. The highest BCUT2D eigenvalue weighted by atomic mass is 16.5. The highest BCUT2D eigenvalue weighted by molar-refractivity contribution is 5.66. The van der Waals surface area contributed by atoms with Crippen LogP contribution >= 0.6 is 0 Å². The Kier molecular flexibility index (Phi) is 4.49. The van der Waals surface area contributed by atoms with Gasteiger partial charge in [0.1, 0.15) is 6.61 Å². The summed E-state index contributed by atoms with van der Waals surface area (Å²) in [5.41, 5.74) is 4.49. The third-order valence-corrected chi connectivity index (χ3v) is 4.73. The van der Waals surface area contributed by atoms with Gasteiger partial charge in [-0.3, -0.25) is 4.79 Å². The molecule has 0 spiro atoms. The molecule has 0 aliphatic heterocycles. The van der Waals surface area contributed by atoms with Crippen molar-refractivity contribution in [1.82, 2.24) is 0 Å². The number of hydrogen-bond acceptors (Lipinski definition) is 2. The van der Waals surface area contributed by atoms with Crippen molar-refractivity contribution in [2.75, 3.05) is 6.61 Å². The van der Waals surface area contributed by atoms with Crippen LogP contribution in [0.5, 0.6) is 0 Å². The molecule has 1 fully saturated rings. The largest absolute Gasteiger partial charge is 0.461 e. The lowest BCUT2D eigenvalue weighted by Crippen LogP contribution is -2.23. The number of esters is 1. The Hall–Kier alpha value is -1.05. The monoisotopic (exact) mass is 262 g/mol. The second-order valence-electron chi connectivity index (χ2n) is 6.34. The molecule has 19 heavy (non-hydrogen) atoms. The van der Waals surface area contributed by atoms with Gasteiger partial charge in [0.05, 0.1) is 0 Å². The first-order chi connectivity index (χ1) is 8.99. The lowest BCUT2D eigenvalue weighted by atomic mass is 9.71. The number of rotatable bonds is 3. The van der Waals surface area contributed by atoms with E-state index in [4.69, 9.17) is 4.74 Å². The lowest BCUT2D eigenvalue weighted by Gasteiger charge is -2.34. The molecule has 0 heterocycles. The summed E-state index contributed by atoms with van der Waals surface area (Å²) in [6, 6.07) is 0. The topological polar surface area (TPSA) is 26.3 Å². The zero-order valence-corrected chi connectivity index (χ0v) is 12.7. The van der Waals surface area contributed by atoms with E-state index in [1.807, 2.05) is 0 Å². The van der Waals surface area contributed by atoms with Crippen molar-refractivity contribution < 1.29 is 9.53 Å². The molecular weight excluding hydrogens is 236 g/mol. The van der Waals surface area contributed by atoms with Crippen LogP contribution in [0.2, 0.25) is 0 Å². The molecule has 2 nitrogen and oxygen atoms in total. The van der Waals surface area contributed by atoms with Crippen molar-refractivity contribution in [3.8, 4) is 0 Å². The molecule has 2 unspecified atom stereocenters. The minimum Gasteiger partial charge on any atom is -0.461 e. The van der Waals surface area contributed by atoms with Gasteiger partial charge in [-0.15, -0.1) is 0 Å². The van der Waals surface area contributed by atoms with Crippen LogP contribution < -0.4 is 0 Å². The average Bonchev–Trinajstić information content (AvgIpc) is 2.74. The molecule has 0 N–H and O–H groups in total. The Balaban J connectivity index is 2.09. The third kappa shape index (κ3) is 3.29. The molecule has 1 saturated carbocycles. The van der Waals surface area contributed by atoms with Crippen LogP contribution in [0.1, 0.15) is 53.4 Å². The van der Waals surface area contributed by atoms with Gasteiger partial charge in [-0.05, 0) is 62.9 Å². The maximum Gasteiger partial charge on any atom is 0.302 e. The second-order valence-corrected chi connectivity index (χ2v) is 6.34. The highest BCUT2D eigenvalue weighted by Gasteiger charge is 2.35. The quantitative estimate of drug-likeness (QED) is 0.561. The molecule has 0 aromatic heterocycles. The van der Waals surface area contributed by atoms with E-state index in [0.29, 0.717) is 12.5 Å². The van der Waals surface area contributed by atoms with E-state index >= 15 is 0 Å². The van der Waals surface area contributed by atoms with Gasteiger partial charge in [0.2, 0.25) is 0 Å². The van der Waals surface area contributed by atoms with Crippen LogP contribution in [-0.2, 0) is 9.53 Å². The van der Waals surface area contributed by atoms with E-state index in [1.54, 1.807) is 11.1 Å². The van der Waals surface area contributed by atoms with Crippen LogP contribution in [0.4, 0.5) is 0 Å². The molecule has 106 valence electrons. The first-order valence-corrected chi connectivity index (χ1v) is 7.49. The van der Waals surface area contributed by atoms with Crippen molar-refractivity contribution in [2.24, 2.45) is 17.8 Å². The number of carbonyl (C=O) groups excluding carboxylic acids is 1. The van der Waals surface area contributed by atoms with Gasteiger partial charge in [-0.1, -0.05) is 24.1 Å². The standard InChI is InChI=1S/C17H26O2/c1-11(10-19-14(4)18)9-15-7-5-12(2)16-8-6-13(3)17(15)16/h9,12,15-16H,5-8,10H2,1-4H3/b11-9-/t12?,15-,16?/m0/s1. The Bertz CT molecular complexity index is 417. The predicted molar refractivity (Wildman–Crippen MR) is 77.7 cm³/mol. The molecule has 2 heteroatoms. The van der Waals surface area contributed by atoms with Gasteiger partial charge in [0.15, 0.2) is 0 Å². The summed E-state index contributed by atoms with van der Waals surface area (Å²) in [5, 5.41) is 0. The molecule has 3 atom stereocenters. The molecular formula is C17H26O2. The molecule has 0 saturated heterocycles. The van der Waals surface area contributed by atoms with E-state index in [-0.39, 0.29) is 5.97 Å². The van der Waals surface area contributed by atoms with E-state index < -0.39 is 0 Å². The van der Waals surface area contributed by atoms with Crippen LogP contribution in [0.3, 0.4) is 0 Å². The normalized spacial score (nSPS) is 31.4. The molecule has 0 bridgehead atoms. The van der Waals surface area contributed by atoms with Gasteiger partial charge in [-0.25, -0.2) is 0 Å². The lowest BCUT2D eigenvalue weighted by molar-refractivity contribution is -0.139. The number of allylic oxidation sites excluding steroid dienone is 3. The smallest absolute Gasteiger partial charge is 0.302 e. The molecule has 0 aromatic rings. The predicted octanol–water partition coefficient (Wildman–Crippen LogP) is 4.27. The maximum absolute atomic E-state index is 10.9. The van der Waals surface area contributed by atoms with Crippen LogP contribution in [0, 0.1) is 17.8 Å². The van der Waals surface area contributed by atoms with Crippen molar-refractivity contribution in [3.63, 3.8) is 0 Å². The van der Waals surface area contributed by atoms with Crippen LogP contribution in [0.25, 0.3) is 0 Å². The summed E-state index contributed by atoms with van der Waals surface area (Å²) in [5.74, 6) is 2.03. The van der Waals surface area contributed by atoms with Gasteiger partial charge in [0.25, 0.3) is 0 Å². The van der Waals surface area contributed by atoms with E-state index in [2.05, 4.69) is 26.8 Å². The van der Waals surface area contributed by atoms with E-state index in [9.17, 15) is 4.79 Å². The van der Waals surface area contributed by atoms with Gasteiger partial charge in [-0.2, -0.15) is 0 Å². The van der Waals surface area contributed by atoms with Crippen LogP contribution in [-0.4, -0.2) is 12.6 Å². The fourth-order valence-corrected chi connectivity index (χ4v) is 3.75. The number of fused-ring (bicyclic) bond motifs is 1. The number of ether oxygens (including phenoxy) is 1. The number of hydrogen-bond donors (Lipinski definition) is 0. The minimum absolute atomic E-state index is 0.195. The fraction of sp³-hybridized carbons (Fsp3) is 0.706. The van der Waals surface area contributed by atoms with Crippen molar-refractivity contribution in [3.05, 3.63) is 22.8 Å². The van der Waals surface area contributed by atoms with Crippen molar-refractivity contribution in [2.45, 2.75) is 53.4 Å². The number of carbonyl (C=O) groups is 1. The fourth-order valence-electron chi connectivity index (χ4n) is 3.75. The van der Waals surface area contributed by atoms with Crippen molar-refractivity contribution in [1.29, 1.82) is 0 Å². The summed E-state index contributed by atoms with van der Waals surface area (Å²) in [6.45, 7) is 8.68. The molecule has 2 aliphatic rings. The Morgan fingerprint density at radius 2 is 2.05 bits per heavy atom. The van der Waals surface area contributed by atoms with Gasteiger partial charge >= 0.3 is 5.97 Å². The Morgan fingerprint density at radius 1 is 1.32 bits per heavy atom. The Morgan fingerprint density at radius 3 is 2.74 bits per heavy atom. The SMILES string of the molecule is CC(=O)OC/C(C)=C\[C@@H]1CCC(C)C2CCC(C)=C21. The average molecular weight is 262 g/mol. The van der Waals surface area contributed by atoms with E-state index in [0.717, 1.165) is 11.8 Å². The first kappa shape index (κ1) is 14.4. The zero-order valence-electron chi connectivity index (χ0n) is 12.7. The zero-order chi connectivity index (χ0) is 14.0. The third-order valence-electron chi connectivity index (χ3n) is 4.73. The summed E-state index contributed by atoms with van der Waals surface area (Å²) in [6.07, 6.45) is 7.53. The molecule has 2 rings (SSSR count). The van der Waals surface area contributed by atoms with Crippen LogP contribution in [0.15, 0.2) is 22.8 Å². The summed E-state index contributed by atoms with van der Waals surface area (Å²) >= 11 is 0. The highest BCUT2D eigenvalue weighted by Crippen LogP contribution is 2.48. The van der Waals surface area contributed by atoms with Gasteiger partial charge in [0, 0.05) is 6.92 Å². The molecule has 0 amide bonds. The Labute approximate surface area is 116 Å². The molecule has 0 radical (unpaired) electrons. The van der Waals surface area contributed by atoms with Gasteiger partial charge < -0.3 is 4.74 Å². The maximum atomic E-state index is 10.9. The first-order valence-electron chi connectivity index (χ1n) is 7.49. The summed E-state index contributed by atoms with van der Waals surface area (Å²) in [4.78, 5) is 10.9. The molecule has 0 aromatic carbocycles. The van der Waals surface area contributed by atoms with Crippen molar-refractivity contribution >= 4 is 5.97 Å². The molecule has 2 aliphatic carbocycles. The van der Waals surface area contributed by atoms with E-state index in [1.165, 1.54) is 38.2 Å².